The lowest BCUT2D eigenvalue weighted by Crippen LogP contribution is -2.55. The molecule has 114 valence electrons. The van der Waals surface area contributed by atoms with Crippen LogP contribution in [0.3, 0.4) is 0 Å². The number of ether oxygens (including phenoxy) is 1. The Bertz CT molecular complexity index is 459. The quantitative estimate of drug-likeness (QED) is 0.831. The Kier molecular flexibility index (Phi) is 5.25. The van der Waals surface area contributed by atoms with Gasteiger partial charge in [0.25, 0.3) is 0 Å². The van der Waals surface area contributed by atoms with Gasteiger partial charge in [-0.25, -0.2) is 4.79 Å². The van der Waals surface area contributed by atoms with Crippen molar-refractivity contribution >= 4 is 13.1 Å². The van der Waals surface area contributed by atoms with Gasteiger partial charge in [-0.1, -0.05) is 30.3 Å². The van der Waals surface area contributed by atoms with Crippen LogP contribution in [-0.4, -0.2) is 41.6 Å². The van der Waals surface area contributed by atoms with Crippen molar-refractivity contribution in [3.63, 3.8) is 0 Å². The molecule has 5 nitrogen and oxygen atoms in total. The Balaban J connectivity index is 1.77. The van der Waals surface area contributed by atoms with Gasteiger partial charge in [0.2, 0.25) is 0 Å². The molecule has 1 aromatic rings. The molecule has 1 amide bonds. The molecular formula is C15H23BN2O3. The third-order valence-corrected chi connectivity index (χ3v) is 4.05. The van der Waals surface area contributed by atoms with E-state index in [0.29, 0.717) is 0 Å². The van der Waals surface area contributed by atoms with Gasteiger partial charge in [0.05, 0.1) is 0 Å². The third-order valence-electron chi connectivity index (χ3n) is 4.05. The summed E-state index contributed by atoms with van der Waals surface area (Å²) in [7, 11) is -0.431. The normalized spacial score (nSPS) is 18.0. The van der Waals surface area contributed by atoms with Crippen molar-refractivity contribution in [1.82, 2.24) is 10.1 Å². The fourth-order valence-electron chi connectivity index (χ4n) is 2.52. The molecule has 0 radical (unpaired) electrons. The number of amides is 1. The predicted octanol–water partition coefficient (Wildman–Crippen LogP) is 1.88. The van der Waals surface area contributed by atoms with Gasteiger partial charge in [-0.15, -0.1) is 0 Å². The first-order valence-electron chi connectivity index (χ1n) is 7.39. The highest BCUT2D eigenvalue weighted by molar-refractivity contribution is 6.45. The maximum absolute atomic E-state index is 11.9. The predicted molar refractivity (Wildman–Crippen MR) is 82.8 cm³/mol. The highest BCUT2D eigenvalue weighted by atomic mass is 16.5. The average Bonchev–Trinajstić information content (AvgIpc) is 2.46. The summed E-state index contributed by atoms with van der Waals surface area (Å²) >= 11 is 0. The SMILES string of the molecule is CB(O)N1CCC(C)(NC(=O)OCc2ccccc2)CC1. The number of hydrogen-bond donors (Lipinski definition) is 2. The summed E-state index contributed by atoms with van der Waals surface area (Å²) in [5.41, 5.74) is 0.709. The second kappa shape index (κ2) is 6.96. The first-order chi connectivity index (χ1) is 9.98. The minimum atomic E-state index is -0.431. The Hall–Kier alpha value is -1.53. The third kappa shape index (κ3) is 4.75. The molecule has 2 N–H and O–H groups in total. The van der Waals surface area contributed by atoms with Crippen molar-refractivity contribution in [3.8, 4) is 0 Å². The van der Waals surface area contributed by atoms with Crippen LogP contribution >= 0.6 is 0 Å². The lowest BCUT2D eigenvalue weighted by molar-refractivity contribution is 0.115. The van der Waals surface area contributed by atoms with Gasteiger partial charge in [0, 0.05) is 5.54 Å². The number of piperidine rings is 1. The molecular weight excluding hydrogens is 267 g/mol. The molecule has 0 spiro atoms. The molecule has 21 heavy (non-hydrogen) atoms. The summed E-state index contributed by atoms with van der Waals surface area (Å²) in [6.45, 7) is 5.61. The molecule has 2 rings (SSSR count). The Morgan fingerprint density at radius 1 is 1.38 bits per heavy atom. The van der Waals surface area contributed by atoms with Crippen LogP contribution in [0.5, 0.6) is 0 Å². The standard InChI is InChI=1S/C15H23BN2O3/c1-15(8-10-18(11-9-15)16(2)20)17-14(19)21-12-13-6-4-3-5-7-13/h3-7,20H,8-12H2,1-2H3,(H,17,19). The molecule has 1 aliphatic rings. The van der Waals surface area contributed by atoms with Gasteiger partial charge in [-0.2, -0.15) is 0 Å². The van der Waals surface area contributed by atoms with E-state index in [2.05, 4.69) is 5.32 Å². The van der Waals surface area contributed by atoms with E-state index < -0.39 is 7.05 Å². The van der Waals surface area contributed by atoms with Crippen molar-refractivity contribution in [2.75, 3.05) is 13.1 Å². The monoisotopic (exact) mass is 290 g/mol. The topological polar surface area (TPSA) is 61.8 Å². The number of carbonyl (C=O) groups excluding carboxylic acids is 1. The van der Waals surface area contributed by atoms with Crippen molar-refractivity contribution < 1.29 is 14.6 Å². The zero-order chi connectivity index (χ0) is 15.3. The maximum atomic E-state index is 11.9. The molecule has 6 heteroatoms. The fraction of sp³-hybridized carbons (Fsp3) is 0.533. The van der Waals surface area contributed by atoms with Gasteiger partial charge in [0.15, 0.2) is 0 Å². The van der Waals surface area contributed by atoms with E-state index in [1.807, 2.05) is 42.1 Å². The highest BCUT2D eigenvalue weighted by Gasteiger charge is 2.33. The van der Waals surface area contributed by atoms with E-state index >= 15 is 0 Å². The fourth-order valence-corrected chi connectivity index (χ4v) is 2.52. The lowest BCUT2D eigenvalue weighted by Gasteiger charge is -2.40. The van der Waals surface area contributed by atoms with Crippen LogP contribution in [0.1, 0.15) is 25.3 Å². The molecule has 1 fully saturated rings. The summed E-state index contributed by atoms with van der Waals surface area (Å²) in [6, 6.07) is 9.63. The van der Waals surface area contributed by atoms with Gasteiger partial charge < -0.3 is 19.9 Å². The molecule has 0 aliphatic carbocycles. The summed E-state index contributed by atoms with van der Waals surface area (Å²) in [5.74, 6) is 0. The van der Waals surface area contributed by atoms with Crippen LogP contribution in [-0.2, 0) is 11.3 Å². The van der Waals surface area contributed by atoms with Crippen LogP contribution in [0.25, 0.3) is 0 Å². The zero-order valence-corrected chi connectivity index (χ0v) is 12.7. The second-order valence-corrected chi connectivity index (χ2v) is 5.92. The van der Waals surface area contributed by atoms with Crippen LogP contribution in [0.15, 0.2) is 30.3 Å². The van der Waals surface area contributed by atoms with E-state index in [1.54, 1.807) is 6.82 Å². The lowest BCUT2D eigenvalue weighted by atomic mass is 9.79. The zero-order valence-electron chi connectivity index (χ0n) is 12.7. The van der Waals surface area contributed by atoms with Crippen LogP contribution in [0, 0.1) is 0 Å². The number of benzene rings is 1. The van der Waals surface area contributed by atoms with Crippen molar-refractivity contribution in [2.24, 2.45) is 0 Å². The van der Waals surface area contributed by atoms with Crippen molar-refractivity contribution in [2.45, 2.75) is 38.7 Å². The molecule has 0 bridgehead atoms. The summed E-state index contributed by atoms with van der Waals surface area (Å²) in [5, 5.41) is 12.5. The van der Waals surface area contributed by atoms with E-state index in [-0.39, 0.29) is 18.2 Å². The van der Waals surface area contributed by atoms with Gasteiger partial charge >= 0.3 is 13.1 Å². The smallest absolute Gasteiger partial charge is 0.407 e. The number of hydrogen-bond acceptors (Lipinski definition) is 4. The minimum Gasteiger partial charge on any atom is -0.445 e. The molecule has 0 saturated carbocycles. The van der Waals surface area contributed by atoms with E-state index in [0.717, 1.165) is 31.5 Å². The average molecular weight is 290 g/mol. The number of rotatable bonds is 4. The van der Waals surface area contributed by atoms with Gasteiger partial charge in [-0.05, 0) is 45.2 Å². The van der Waals surface area contributed by atoms with Gasteiger partial charge in [0.1, 0.15) is 6.61 Å². The van der Waals surface area contributed by atoms with Crippen LogP contribution in [0.2, 0.25) is 6.82 Å². The van der Waals surface area contributed by atoms with Crippen LogP contribution < -0.4 is 5.32 Å². The molecule has 1 heterocycles. The Morgan fingerprint density at radius 3 is 2.57 bits per heavy atom. The largest absolute Gasteiger partial charge is 0.445 e. The first kappa shape index (κ1) is 15.9. The van der Waals surface area contributed by atoms with E-state index in [9.17, 15) is 9.82 Å². The summed E-state index contributed by atoms with van der Waals surface area (Å²) in [4.78, 5) is 13.9. The maximum Gasteiger partial charge on any atom is 0.407 e. The van der Waals surface area contributed by atoms with Crippen molar-refractivity contribution in [1.29, 1.82) is 0 Å². The number of carbonyl (C=O) groups is 1. The highest BCUT2D eigenvalue weighted by Crippen LogP contribution is 2.22. The van der Waals surface area contributed by atoms with E-state index in [4.69, 9.17) is 4.74 Å². The number of alkyl carbamates (subject to hydrolysis) is 1. The van der Waals surface area contributed by atoms with Crippen molar-refractivity contribution in [3.05, 3.63) is 35.9 Å². The first-order valence-corrected chi connectivity index (χ1v) is 7.39. The van der Waals surface area contributed by atoms with Gasteiger partial charge in [-0.3, -0.25) is 0 Å². The second-order valence-electron chi connectivity index (χ2n) is 5.92. The summed E-state index contributed by atoms with van der Waals surface area (Å²) in [6.07, 6.45) is 1.23. The number of nitrogens with zero attached hydrogens (tertiary/aromatic N) is 1. The summed E-state index contributed by atoms with van der Waals surface area (Å²) < 4.78 is 5.26. The van der Waals surface area contributed by atoms with E-state index in [1.165, 1.54) is 0 Å². The molecule has 0 aromatic heterocycles. The molecule has 0 unspecified atom stereocenters. The molecule has 1 aliphatic heterocycles. The molecule has 1 saturated heterocycles. The Labute approximate surface area is 126 Å². The molecule has 0 atom stereocenters. The number of nitrogens with one attached hydrogen (secondary N) is 1. The minimum absolute atomic E-state index is 0.265. The van der Waals surface area contributed by atoms with Crippen LogP contribution in [0.4, 0.5) is 4.79 Å². The Morgan fingerprint density at radius 2 is 2.00 bits per heavy atom. The molecule has 1 aromatic carbocycles.